The average Bonchev–Trinajstić information content (AvgIpc) is 2.60. The quantitative estimate of drug-likeness (QED) is 0.760. The summed E-state index contributed by atoms with van der Waals surface area (Å²) in [7, 11) is 0. The van der Waals surface area contributed by atoms with Gasteiger partial charge in [0.25, 0.3) is 0 Å². The molecule has 6 nitrogen and oxygen atoms in total. The number of benzene rings is 2. The van der Waals surface area contributed by atoms with Crippen LogP contribution in [0.5, 0.6) is 5.75 Å². The number of aryl methyl sites for hydroxylation is 1. The first-order chi connectivity index (χ1) is 12.1. The highest BCUT2D eigenvalue weighted by Crippen LogP contribution is 2.30. The summed E-state index contributed by atoms with van der Waals surface area (Å²) in [6.45, 7) is 2.40. The maximum atomic E-state index is 9.33. The molecule has 0 amide bonds. The zero-order chi connectivity index (χ0) is 17.8. The van der Waals surface area contributed by atoms with Crippen molar-refractivity contribution in [2.24, 2.45) is 0 Å². The van der Waals surface area contributed by atoms with Crippen LogP contribution in [0.15, 0.2) is 48.5 Å². The van der Waals surface area contributed by atoms with Crippen LogP contribution >= 0.6 is 0 Å². The van der Waals surface area contributed by atoms with Gasteiger partial charge in [-0.1, -0.05) is 30.3 Å². The van der Waals surface area contributed by atoms with Gasteiger partial charge in [-0.15, -0.1) is 0 Å². The molecule has 25 heavy (non-hydrogen) atoms. The van der Waals surface area contributed by atoms with Gasteiger partial charge in [0.1, 0.15) is 29.8 Å². The van der Waals surface area contributed by atoms with Crippen LogP contribution < -0.4 is 16.2 Å². The molecular formula is C19H17N5O. The van der Waals surface area contributed by atoms with Gasteiger partial charge in [-0.05, 0) is 36.2 Å². The fraction of sp³-hybridized carbons (Fsp3) is 0.105. The largest absolute Gasteiger partial charge is 0.489 e. The zero-order valence-corrected chi connectivity index (χ0v) is 13.7. The number of aromatic nitrogens is 2. The third kappa shape index (κ3) is 3.51. The Balaban J connectivity index is 1.89. The molecule has 0 saturated heterocycles. The number of hydrogen-bond donors (Lipinski definition) is 2. The van der Waals surface area contributed by atoms with Gasteiger partial charge < -0.3 is 16.2 Å². The first kappa shape index (κ1) is 16.3. The van der Waals surface area contributed by atoms with E-state index in [0.29, 0.717) is 12.3 Å². The van der Waals surface area contributed by atoms with Crippen LogP contribution in [0, 0.1) is 18.3 Å². The van der Waals surface area contributed by atoms with Gasteiger partial charge >= 0.3 is 0 Å². The molecule has 0 radical (unpaired) electrons. The molecule has 0 saturated carbocycles. The second-order valence-electron chi connectivity index (χ2n) is 5.55. The molecular weight excluding hydrogens is 314 g/mol. The van der Waals surface area contributed by atoms with Crippen LogP contribution in [0.3, 0.4) is 0 Å². The van der Waals surface area contributed by atoms with E-state index in [0.717, 1.165) is 22.4 Å². The number of nitriles is 1. The molecule has 0 unspecified atom stereocenters. The molecule has 1 heterocycles. The molecule has 0 fully saturated rings. The highest BCUT2D eigenvalue weighted by molar-refractivity contribution is 5.75. The Hall–Kier alpha value is -3.59. The standard InChI is InChI=1S/C19H17N5O/c1-12-9-14(25-11-13-5-3-2-4-6-13)7-8-15(12)17-16(10-20)18(21)24-19(22)23-17/h2-9H,11H2,1H3,(H4,21,22,23,24). The summed E-state index contributed by atoms with van der Waals surface area (Å²) >= 11 is 0. The van der Waals surface area contributed by atoms with Crippen LogP contribution in [-0.2, 0) is 6.61 Å². The van der Waals surface area contributed by atoms with E-state index in [4.69, 9.17) is 16.2 Å². The van der Waals surface area contributed by atoms with E-state index in [1.165, 1.54) is 0 Å². The van der Waals surface area contributed by atoms with Gasteiger partial charge in [-0.25, -0.2) is 4.98 Å². The highest BCUT2D eigenvalue weighted by Gasteiger charge is 2.15. The topological polar surface area (TPSA) is 111 Å². The van der Waals surface area contributed by atoms with Gasteiger partial charge in [0.2, 0.25) is 5.95 Å². The molecule has 4 N–H and O–H groups in total. The van der Waals surface area contributed by atoms with Crippen molar-refractivity contribution in [2.75, 3.05) is 11.5 Å². The summed E-state index contributed by atoms with van der Waals surface area (Å²) in [5, 5.41) is 9.33. The minimum Gasteiger partial charge on any atom is -0.489 e. The van der Waals surface area contributed by atoms with Crippen molar-refractivity contribution in [3.63, 3.8) is 0 Å². The molecule has 6 heteroatoms. The number of nitrogens with zero attached hydrogens (tertiary/aromatic N) is 3. The first-order valence-corrected chi connectivity index (χ1v) is 7.69. The van der Waals surface area contributed by atoms with E-state index in [2.05, 4.69) is 9.97 Å². The van der Waals surface area contributed by atoms with Crippen molar-refractivity contribution in [2.45, 2.75) is 13.5 Å². The normalized spacial score (nSPS) is 10.2. The minimum absolute atomic E-state index is 0.0373. The lowest BCUT2D eigenvalue weighted by atomic mass is 10.0. The van der Waals surface area contributed by atoms with E-state index in [-0.39, 0.29) is 17.3 Å². The Morgan fingerprint density at radius 1 is 1.08 bits per heavy atom. The molecule has 0 bridgehead atoms. The second kappa shape index (κ2) is 6.89. The van der Waals surface area contributed by atoms with Gasteiger partial charge in [0.05, 0.1) is 5.69 Å². The Morgan fingerprint density at radius 2 is 1.84 bits per heavy atom. The van der Waals surface area contributed by atoms with Crippen LogP contribution in [0.25, 0.3) is 11.3 Å². The van der Waals surface area contributed by atoms with Gasteiger partial charge in [-0.2, -0.15) is 10.2 Å². The Bertz CT molecular complexity index is 948. The van der Waals surface area contributed by atoms with Crippen LogP contribution in [0.1, 0.15) is 16.7 Å². The summed E-state index contributed by atoms with van der Waals surface area (Å²) in [5.74, 6) is 0.850. The third-order valence-corrected chi connectivity index (χ3v) is 3.77. The first-order valence-electron chi connectivity index (χ1n) is 7.69. The fourth-order valence-corrected chi connectivity index (χ4v) is 2.53. The maximum absolute atomic E-state index is 9.33. The molecule has 3 aromatic rings. The van der Waals surface area contributed by atoms with Crippen molar-refractivity contribution in [3.05, 3.63) is 65.2 Å². The summed E-state index contributed by atoms with van der Waals surface area (Å²) in [5.41, 5.74) is 14.9. The Morgan fingerprint density at radius 3 is 2.52 bits per heavy atom. The van der Waals surface area contributed by atoms with Crippen molar-refractivity contribution in [1.29, 1.82) is 5.26 Å². The predicted molar refractivity (Wildman–Crippen MR) is 96.5 cm³/mol. The van der Waals surface area contributed by atoms with Crippen molar-refractivity contribution < 1.29 is 4.74 Å². The number of nitrogen functional groups attached to an aromatic ring is 2. The van der Waals surface area contributed by atoms with Crippen molar-refractivity contribution in [3.8, 4) is 23.1 Å². The van der Waals surface area contributed by atoms with E-state index in [1.54, 1.807) is 0 Å². The van der Waals surface area contributed by atoms with Gasteiger partial charge in [0.15, 0.2) is 0 Å². The zero-order valence-electron chi connectivity index (χ0n) is 13.7. The molecule has 0 spiro atoms. The smallest absolute Gasteiger partial charge is 0.222 e. The van der Waals surface area contributed by atoms with Crippen molar-refractivity contribution >= 4 is 11.8 Å². The minimum atomic E-state index is 0.0373. The van der Waals surface area contributed by atoms with E-state index in [9.17, 15) is 5.26 Å². The molecule has 3 rings (SSSR count). The van der Waals surface area contributed by atoms with Crippen LogP contribution in [0.2, 0.25) is 0 Å². The van der Waals surface area contributed by atoms with Crippen molar-refractivity contribution in [1.82, 2.24) is 9.97 Å². The summed E-state index contributed by atoms with van der Waals surface area (Å²) in [6.07, 6.45) is 0. The number of hydrogen-bond acceptors (Lipinski definition) is 6. The maximum Gasteiger partial charge on any atom is 0.222 e. The van der Waals surface area contributed by atoms with Gasteiger partial charge in [0, 0.05) is 5.56 Å². The van der Waals surface area contributed by atoms with Crippen LogP contribution in [0.4, 0.5) is 11.8 Å². The van der Waals surface area contributed by atoms with E-state index in [1.807, 2.05) is 61.5 Å². The third-order valence-electron chi connectivity index (χ3n) is 3.77. The van der Waals surface area contributed by atoms with E-state index >= 15 is 0 Å². The summed E-state index contributed by atoms with van der Waals surface area (Å²) in [6, 6.07) is 17.5. The molecule has 124 valence electrons. The number of nitrogens with two attached hydrogens (primary N) is 2. The Labute approximate surface area is 145 Å². The predicted octanol–water partition coefficient (Wildman–Crippen LogP) is 3.07. The number of anilines is 2. The molecule has 0 atom stereocenters. The second-order valence-corrected chi connectivity index (χ2v) is 5.55. The summed E-state index contributed by atoms with van der Waals surface area (Å²) < 4.78 is 5.82. The number of ether oxygens (including phenoxy) is 1. The van der Waals surface area contributed by atoms with Gasteiger partial charge in [-0.3, -0.25) is 0 Å². The molecule has 0 aliphatic carbocycles. The number of rotatable bonds is 4. The average molecular weight is 331 g/mol. The monoisotopic (exact) mass is 331 g/mol. The van der Waals surface area contributed by atoms with E-state index < -0.39 is 0 Å². The molecule has 2 aromatic carbocycles. The lowest BCUT2D eigenvalue weighted by Gasteiger charge is -2.12. The summed E-state index contributed by atoms with van der Waals surface area (Å²) in [4.78, 5) is 8.02. The lowest BCUT2D eigenvalue weighted by molar-refractivity contribution is 0.306. The lowest BCUT2D eigenvalue weighted by Crippen LogP contribution is -2.05. The molecule has 1 aromatic heterocycles. The Kier molecular flexibility index (Phi) is 4.48. The molecule has 0 aliphatic heterocycles. The highest BCUT2D eigenvalue weighted by atomic mass is 16.5. The van der Waals surface area contributed by atoms with Crippen LogP contribution in [-0.4, -0.2) is 9.97 Å². The SMILES string of the molecule is Cc1cc(OCc2ccccc2)ccc1-c1nc(N)nc(N)c1C#N. The fourth-order valence-electron chi connectivity index (χ4n) is 2.53. The molecule has 0 aliphatic rings.